The monoisotopic (exact) mass is 324 g/mol. The van der Waals surface area contributed by atoms with E-state index in [1.165, 1.54) is 6.42 Å². The molecule has 22 heavy (non-hydrogen) atoms. The van der Waals surface area contributed by atoms with Crippen LogP contribution in [0, 0.1) is 17.3 Å². The van der Waals surface area contributed by atoms with E-state index in [0.717, 1.165) is 32.1 Å². The van der Waals surface area contributed by atoms with Crippen molar-refractivity contribution in [2.45, 2.75) is 69.9 Å². The Morgan fingerprint density at radius 3 is 2.23 bits per heavy atom. The molecule has 0 N–H and O–H groups in total. The highest BCUT2D eigenvalue weighted by molar-refractivity contribution is 6.69. The van der Waals surface area contributed by atoms with Gasteiger partial charge in [-0.3, -0.25) is 4.79 Å². The van der Waals surface area contributed by atoms with Gasteiger partial charge in [-0.1, -0.05) is 0 Å². The Kier molecular flexibility index (Phi) is 3.31. The Hall–Kier alpha value is -0.393. The van der Waals surface area contributed by atoms with Gasteiger partial charge in [0.05, 0.1) is 24.2 Å². The second kappa shape index (κ2) is 4.80. The topological polar surface area (TPSA) is 44.8 Å². The minimum Gasteiger partial charge on any atom is -0.457 e. The molecule has 5 aliphatic rings. The van der Waals surface area contributed by atoms with E-state index >= 15 is 0 Å². The number of rotatable bonds is 4. The Morgan fingerprint density at radius 1 is 1.09 bits per heavy atom. The summed E-state index contributed by atoms with van der Waals surface area (Å²) < 4.78 is 17.5. The van der Waals surface area contributed by atoms with Gasteiger partial charge in [-0.2, -0.15) is 0 Å². The van der Waals surface area contributed by atoms with Crippen molar-refractivity contribution in [1.29, 1.82) is 0 Å². The largest absolute Gasteiger partial charge is 0.457 e. The highest BCUT2D eigenvalue weighted by Gasteiger charge is 2.62. The van der Waals surface area contributed by atoms with Crippen molar-refractivity contribution in [3.63, 3.8) is 0 Å². The first-order valence-corrected chi connectivity index (χ1v) is 12.2. The first-order chi connectivity index (χ1) is 10.3. The molecule has 0 aromatic heterocycles. The summed E-state index contributed by atoms with van der Waals surface area (Å²) in [5.74, 6) is 1.35. The average Bonchev–Trinajstić information content (AvgIpc) is 2.28. The van der Waals surface area contributed by atoms with Crippen molar-refractivity contribution in [2.24, 2.45) is 17.3 Å². The van der Waals surface area contributed by atoms with Crippen LogP contribution in [0.4, 0.5) is 0 Å². The van der Waals surface area contributed by atoms with Gasteiger partial charge in [-0.25, -0.2) is 0 Å². The molecule has 124 valence electrons. The molecule has 1 heterocycles. The molecule has 5 rings (SSSR count). The lowest BCUT2D eigenvalue weighted by Gasteiger charge is -2.61. The number of hydrogen-bond acceptors (Lipinski definition) is 4. The maximum Gasteiger partial charge on any atom is 0.312 e. The van der Waals surface area contributed by atoms with E-state index in [-0.39, 0.29) is 23.1 Å². The molecule has 2 unspecified atom stereocenters. The molecule has 0 amide bonds. The molecular weight excluding hydrogens is 296 g/mol. The van der Waals surface area contributed by atoms with Crippen LogP contribution in [0.25, 0.3) is 0 Å². The fraction of sp³-hybridized carbons (Fsp3) is 0.941. The summed E-state index contributed by atoms with van der Waals surface area (Å²) in [6.45, 7) is 7.95. The number of carbonyl (C=O) groups excluding carboxylic acids is 1. The van der Waals surface area contributed by atoms with E-state index in [2.05, 4.69) is 19.6 Å². The van der Waals surface area contributed by atoms with Crippen LogP contribution < -0.4 is 0 Å². The third-order valence-corrected chi connectivity index (χ3v) is 6.89. The molecular formula is C17H28O4Si. The van der Waals surface area contributed by atoms with Gasteiger partial charge in [0.1, 0.15) is 6.10 Å². The maximum absolute atomic E-state index is 12.9. The van der Waals surface area contributed by atoms with Crippen LogP contribution in [-0.4, -0.2) is 39.2 Å². The Labute approximate surface area is 134 Å². The minimum absolute atomic E-state index is 0.00522. The lowest BCUT2D eigenvalue weighted by atomic mass is 9.48. The van der Waals surface area contributed by atoms with E-state index in [0.29, 0.717) is 25.0 Å². The van der Waals surface area contributed by atoms with Crippen LogP contribution in [0.3, 0.4) is 0 Å². The summed E-state index contributed by atoms with van der Waals surface area (Å²) in [6.07, 6.45) is 6.54. The summed E-state index contributed by atoms with van der Waals surface area (Å²) in [6, 6.07) is 0. The van der Waals surface area contributed by atoms with Crippen molar-refractivity contribution in [3.8, 4) is 0 Å². The third-order valence-electron chi connectivity index (χ3n) is 5.84. The quantitative estimate of drug-likeness (QED) is 0.589. The molecule has 5 heteroatoms. The molecule has 1 saturated heterocycles. The molecule has 1 aliphatic heterocycles. The fourth-order valence-electron chi connectivity index (χ4n) is 5.74. The molecule has 4 bridgehead atoms. The molecule has 0 aromatic rings. The molecule has 2 atom stereocenters. The summed E-state index contributed by atoms with van der Waals surface area (Å²) in [5, 5.41) is 0. The second-order valence-electron chi connectivity index (χ2n) is 9.20. The zero-order valence-electron chi connectivity index (χ0n) is 14.0. The Morgan fingerprint density at radius 2 is 1.73 bits per heavy atom. The van der Waals surface area contributed by atoms with E-state index in [1.54, 1.807) is 0 Å². The number of ether oxygens (including phenoxy) is 2. The van der Waals surface area contributed by atoms with Gasteiger partial charge in [0.15, 0.2) is 8.32 Å². The molecule has 0 radical (unpaired) electrons. The summed E-state index contributed by atoms with van der Waals surface area (Å²) in [4.78, 5) is 12.9. The van der Waals surface area contributed by atoms with Gasteiger partial charge in [0.25, 0.3) is 0 Å². The van der Waals surface area contributed by atoms with Crippen molar-refractivity contribution < 1.29 is 18.7 Å². The first kappa shape index (κ1) is 15.2. The minimum atomic E-state index is -1.61. The first-order valence-electron chi connectivity index (χ1n) is 8.77. The fourth-order valence-corrected chi connectivity index (χ4v) is 7.28. The number of hydrogen-bond donors (Lipinski definition) is 0. The van der Waals surface area contributed by atoms with E-state index in [4.69, 9.17) is 13.9 Å². The molecule has 4 saturated carbocycles. The zero-order valence-corrected chi connectivity index (χ0v) is 15.0. The number of carbonyl (C=O) groups is 1. The van der Waals surface area contributed by atoms with Crippen LogP contribution >= 0.6 is 0 Å². The molecule has 0 spiro atoms. The van der Waals surface area contributed by atoms with Crippen LogP contribution in [-0.2, 0) is 18.7 Å². The van der Waals surface area contributed by atoms with Crippen molar-refractivity contribution in [1.82, 2.24) is 0 Å². The van der Waals surface area contributed by atoms with Gasteiger partial charge in [0, 0.05) is 0 Å². The average molecular weight is 324 g/mol. The van der Waals surface area contributed by atoms with Gasteiger partial charge in [0.2, 0.25) is 0 Å². The van der Waals surface area contributed by atoms with E-state index < -0.39 is 8.32 Å². The van der Waals surface area contributed by atoms with Crippen LogP contribution in [0.1, 0.15) is 38.5 Å². The van der Waals surface area contributed by atoms with Crippen molar-refractivity contribution in [2.75, 3.05) is 13.2 Å². The third kappa shape index (κ3) is 2.55. The second-order valence-corrected chi connectivity index (χ2v) is 13.6. The Bertz CT molecular complexity index is 466. The van der Waals surface area contributed by atoms with E-state index in [9.17, 15) is 4.79 Å². The number of esters is 1. The van der Waals surface area contributed by atoms with Crippen LogP contribution in [0.15, 0.2) is 0 Å². The molecule has 4 nitrogen and oxygen atoms in total. The normalized spacial score (nSPS) is 44.0. The van der Waals surface area contributed by atoms with Gasteiger partial charge in [-0.05, 0) is 70.0 Å². The predicted molar refractivity (Wildman–Crippen MR) is 85.0 cm³/mol. The van der Waals surface area contributed by atoms with Gasteiger partial charge in [-0.15, -0.1) is 0 Å². The van der Waals surface area contributed by atoms with Gasteiger partial charge < -0.3 is 13.9 Å². The molecule has 0 aromatic carbocycles. The highest BCUT2D eigenvalue weighted by Crippen LogP contribution is 2.63. The zero-order chi connectivity index (χ0) is 15.6. The summed E-state index contributed by atoms with van der Waals surface area (Å²) in [7, 11) is -1.61. The summed E-state index contributed by atoms with van der Waals surface area (Å²) in [5.41, 5.74) is -0.303. The van der Waals surface area contributed by atoms with Crippen LogP contribution in [0.5, 0.6) is 0 Å². The van der Waals surface area contributed by atoms with E-state index in [1.807, 2.05) is 0 Å². The van der Waals surface area contributed by atoms with Crippen LogP contribution in [0.2, 0.25) is 19.6 Å². The lowest BCUT2D eigenvalue weighted by molar-refractivity contribution is -0.210. The SMILES string of the molecule is C[Si](C)(C)OC12CC3CC(C1)CC(C(=O)OC1COC1)(C3)C2. The molecule has 5 fully saturated rings. The molecule has 4 aliphatic carbocycles. The maximum atomic E-state index is 12.9. The van der Waals surface area contributed by atoms with Crippen molar-refractivity contribution >= 4 is 14.3 Å². The Balaban J connectivity index is 1.57. The standard InChI is InChI=1S/C17H28O4Si/c1-22(2,3)21-17-7-12-4-13(8-17)6-16(5-12,11-17)15(18)20-14-9-19-10-14/h12-14H,4-11H2,1-3H3. The smallest absolute Gasteiger partial charge is 0.312 e. The lowest BCUT2D eigenvalue weighted by Crippen LogP contribution is -2.62. The van der Waals surface area contributed by atoms with Gasteiger partial charge >= 0.3 is 5.97 Å². The summed E-state index contributed by atoms with van der Waals surface area (Å²) >= 11 is 0. The predicted octanol–water partition coefficient (Wildman–Crippen LogP) is 3.12. The highest BCUT2D eigenvalue weighted by atomic mass is 28.4. The van der Waals surface area contributed by atoms with Crippen molar-refractivity contribution in [3.05, 3.63) is 0 Å².